The lowest BCUT2D eigenvalue weighted by Gasteiger charge is -2.72. The second-order valence-electron chi connectivity index (χ2n) is 17.9. The predicted molar refractivity (Wildman–Crippen MR) is 196 cm³/mol. The molecule has 266 valence electrons. The van der Waals surface area contributed by atoms with Crippen molar-refractivity contribution in [3.05, 3.63) is 53.6 Å². The summed E-state index contributed by atoms with van der Waals surface area (Å²) in [5.41, 5.74) is 5.59. The van der Waals surface area contributed by atoms with E-state index in [9.17, 15) is 9.90 Å². The Bertz CT molecular complexity index is 1390. The number of carbonyl (C=O) groups is 1. The molecule has 0 bridgehead atoms. The normalized spacial score (nSPS) is 39.9. The summed E-state index contributed by atoms with van der Waals surface area (Å²) in [6, 6.07) is 7.63. The fraction of sp³-hybridized carbons (Fsp3) is 0.744. The van der Waals surface area contributed by atoms with Gasteiger partial charge in [-0.2, -0.15) is 0 Å². The van der Waals surface area contributed by atoms with Gasteiger partial charge >= 0.3 is 5.97 Å². The quantitative estimate of drug-likeness (QED) is 0.183. The minimum absolute atomic E-state index is 0.0293. The van der Waals surface area contributed by atoms with Gasteiger partial charge in [-0.25, -0.2) is 4.79 Å². The number of aromatic carboxylic acids is 1. The summed E-state index contributed by atoms with van der Waals surface area (Å²) in [5.74, 6) is 2.47. The Balaban J connectivity index is 1.28. The first kappa shape index (κ1) is 35.9. The first-order valence-electron chi connectivity index (χ1n) is 19.3. The van der Waals surface area contributed by atoms with Crippen molar-refractivity contribution in [2.24, 2.45) is 56.7 Å². The van der Waals surface area contributed by atoms with Gasteiger partial charge in [-0.3, -0.25) is 0 Å². The van der Waals surface area contributed by atoms with Crippen LogP contribution in [0.15, 0.2) is 42.5 Å². The van der Waals surface area contributed by atoms with Crippen LogP contribution in [0.25, 0.3) is 5.57 Å². The molecular weight excluding hydrogens is 594 g/mol. The van der Waals surface area contributed by atoms with Crippen molar-refractivity contribution in [3.63, 3.8) is 0 Å². The highest BCUT2D eigenvalue weighted by atomic mass is 16.7. The summed E-state index contributed by atoms with van der Waals surface area (Å²) in [7, 11) is 0. The molecule has 6 rings (SSSR count). The largest absolute Gasteiger partial charge is 0.478 e. The molecule has 0 heterocycles. The van der Waals surface area contributed by atoms with Gasteiger partial charge in [0, 0.05) is 26.3 Å². The van der Waals surface area contributed by atoms with Crippen LogP contribution in [0, 0.1) is 56.7 Å². The van der Waals surface area contributed by atoms with Gasteiger partial charge in [0.25, 0.3) is 0 Å². The van der Waals surface area contributed by atoms with E-state index in [0.717, 1.165) is 25.4 Å². The zero-order valence-corrected chi connectivity index (χ0v) is 31.4. The van der Waals surface area contributed by atoms with E-state index in [0.29, 0.717) is 58.7 Å². The van der Waals surface area contributed by atoms with Crippen LogP contribution in [0.4, 0.5) is 0 Å². The summed E-state index contributed by atoms with van der Waals surface area (Å²) in [5, 5.41) is 13.4. The molecule has 48 heavy (non-hydrogen) atoms. The highest BCUT2D eigenvalue weighted by Crippen LogP contribution is 2.77. The van der Waals surface area contributed by atoms with Crippen LogP contribution in [0.2, 0.25) is 0 Å². The number of carboxylic acids is 1. The van der Waals surface area contributed by atoms with Crippen molar-refractivity contribution in [1.82, 2.24) is 5.32 Å². The molecular formula is C43H65NO4. The maximum Gasteiger partial charge on any atom is 0.335 e. The second-order valence-corrected chi connectivity index (χ2v) is 17.9. The van der Waals surface area contributed by atoms with Crippen molar-refractivity contribution in [2.75, 3.05) is 26.3 Å². The van der Waals surface area contributed by atoms with Gasteiger partial charge in [0.05, 0.1) is 5.56 Å². The van der Waals surface area contributed by atoms with Crippen LogP contribution in [0.5, 0.6) is 0 Å². The van der Waals surface area contributed by atoms with Gasteiger partial charge < -0.3 is 19.9 Å². The molecule has 0 amide bonds. The summed E-state index contributed by atoms with van der Waals surface area (Å²) in [6.45, 7) is 27.2. The lowest BCUT2D eigenvalue weighted by Crippen LogP contribution is -2.66. The molecule has 0 radical (unpaired) electrons. The van der Waals surface area contributed by atoms with Crippen LogP contribution in [0.1, 0.15) is 129 Å². The molecule has 4 fully saturated rings. The number of allylic oxidation sites excluding steroid dienone is 3. The van der Waals surface area contributed by atoms with Crippen molar-refractivity contribution < 1.29 is 19.4 Å². The lowest BCUT2D eigenvalue weighted by atomic mass is 9.32. The maximum atomic E-state index is 11.5. The van der Waals surface area contributed by atoms with Crippen LogP contribution < -0.4 is 5.32 Å². The van der Waals surface area contributed by atoms with Crippen LogP contribution in [0.3, 0.4) is 0 Å². The van der Waals surface area contributed by atoms with E-state index in [1.807, 2.05) is 26.0 Å². The van der Waals surface area contributed by atoms with E-state index in [-0.39, 0.29) is 17.1 Å². The highest BCUT2D eigenvalue weighted by molar-refractivity contribution is 5.88. The molecule has 9 atom stereocenters. The Labute approximate surface area is 291 Å². The Morgan fingerprint density at radius 2 is 1.60 bits per heavy atom. The van der Waals surface area contributed by atoms with Crippen molar-refractivity contribution in [1.29, 1.82) is 0 Å². The number of hydrogen-bond donors (Lipinski definition) is 2. The minimum Gasteiger partial charge on any atom is -0.478 e. The van der Waals surface area contributed by atoms with E-state index >= 15 is 0 Å². The first-order chi connectivity index (χ1) is 22.7. The molecule has 4 saturated carbocycles. The van der Waals surface area contributed by atoms with Crippen molar-refractivity contribution in [3.8, 4) is 0 Å². The van der Waals surface area contributed by atoms with Crippen molar-refractivity contribution in [2.45, 2.75) is 119 Å². The Kier molecular flexibility index (Phi) is 9.70. The Hall–Kier alpha value is -1.95. The standard InChI is InChI=1S/C43H65NO4/c1-10-47-36(48-11-2)26-44-27-43-23-18-31(28(3)4)37(43)33-16-17-35-40(7)21-19-32(29-12-14-30(15-13-29)38(45)46)39(5,6)34(40)20-22-42(35,9)41(33,8)24-25-43/h12-15,19,31,33-37,44H,3,10-11,16-18,20-27H2,1-2,4-9H3,(H,45,46). The molecule has 0 spiro atoms. The van der Waals surface area contributed by atoms with E-state index in [1.165, 1.54) is 68.1 Å². The average molecular weight is 660 g/mol. The van der Waals surface area contributed by atoms with Gasteiger partial charge in [0.15, 0.2) is 6.29 Å². The lowest BCUT2D eigenvalue weighted by molar-refractivity contribution is -0.225. The smallest absolute Gasteiger partial charge is 0.335 e. The van der Waals surface area contributed by atoms with Crippen LogP contribution >= 0.6 is 0 Å². The monoisotopic (exact) mass is 659 g/mol. The number of hydrogen-bond acceptors (Lipinski definition) is 4. The molecule has 5 aliphatic rings. The molecule has 1 aromatic rings. The van der Waals surface area contributed by atoms with E-state index in [2.05, 4.69) is 59.5 Å². The number of nitrogens with one attached hydrogen (secondary N) is 1. The predicted octanol–water partition coefficient (Wildman–Crippen LogP) is 10.0. The number of carboxylic acid groups (broad SMARTS) is 1. The molecule has 5 heteroatoms. The number of ether oxygens (including phenoxy) is 2. The summed E-state index contributed by atoms with van der Waals surface area (Å²) >= 11 is 0. The minimum atomic E-state index is -0.859. The third kappa shape index (κ3) is 5.48. The Morgan fingerprint density at radius 1 is 0.917 bits per heavy atom. The third-order valence-electron chi connectivity index (χ3n) is 15.8. The molecule has 5 aliphatic carbocycles. The Morgan fingerprint density at radius 3 is 2.23 bits per heavy atom. The summed E-state index contributed by atoms with van der Waals surface area (Å²) in [6.07, 6.45) is 13.9. The molecule has 0 saturated heterocycles. The highest BCUT2D eigenvalue weighted by Gasteiger charge is 2.70. The van der Waals surface area contributed by atoms with E-state index < -0.39 is 5.97 Å². The van der Waals surface area contributed by atoms with Gasteiger partial charge in [0.2, 0.25) is 0 Å². The average Bonchev–Trinajstić information content (AvgIpc) is 3.41. The van der Waals surface area contributed by atoms with Gasteiger partial charge in [0.1, 0.15) is 0 Å². The van der Waals surface area contributed by atoms with Crippen LogP contribution in [-0.2, 0) is 9.47 Å². The molecule has 0 aliphatic heterocycles. The molecule has 1 aromatic carbocycles. The van der Waals surface area contributed by atoms with E-state index in [4.69, 9.17) is 9.47 Å². The first-order valence-corrected chi connectivity index (χ1v) is 19.3. The fourth-order valence-electron chi connectivity index (χ4n) is 13.5. The molecule has 0 aromatic heterocycles. The summed E-state index contributed by atoms with van der Waals surface area (Å²) < 4.78 is 11.8. The number of benzene rings is 1. The van der Waals surface area contributed by atoms with Gasteiger partial charge in [-0.15, -0.1) is 0 Å². The maximum absolute atomic E-state index is 11.5. The van der Waals surface area contributed by atoms with Crippen LogP contribution in [-0.4, -0.2) is 43.7 Å². The third-order valence-corrected chi connectivity index (χ3v) is 15.8. The molecule has 9 unspecified atom stereocenters. The molecule has 5 nitrogen and oxygen atoms in total. The second kappa shape index (κ2) is 13.0. The van der Waals surface area contributed by atoms with Gasteiger partial charge in [-0.1, -0.05) is 65.0 Å². The zero-order valence-electron chi connectivity index (χ0n) is 31.4. The number of fused-ring (bicyclic) bond motifs is 7. The van der Waals surface area contributed by atoms with Crippen molar-refractivity contribution >= 4 is 11.5 Å². The topological polar surface area (TPSA) is 67.8 Å². The summed E-state index contributed by atoms with van der Waals surface area (Å²) in [4.78, 5) is 11.5. The fourth-order valence-corrected chi connectivity index (χ4v) is 13.5. The zero-order chi connectivity index (χ0) is 34.7. The van der Waals surface area contributed by atoms with Gasteiger partial charge in [-0.05, 0) is 158 Å². The SMILES string of the molecule is C=C(C)C1CCC2(CNCC(OCC)OCC)CCC3(C)C(CCC4C5(C)CC=C(c6ccc(C(=O)O)cc6)C(C)(C)C5CCC43C)C12. The molecule has 2 N–H and O–H groups in total. The number of rotatable bonds is 11. The van der Waals surface area contributed by atoms with E-state index in [1.54, 1.807) is 12.1 Å².